The first kappa shape index (κ1) is 28.0. The van der Waals surface area contributed by atoms with Crippen LogP contribution < -0.4 is 8.92 Å². The number of ether oxygens (including phenoxy) is 1. The molecule has 0 spiro atoms. The van der Waals surface area contributed by atoms with Crippen LogP contribution in [0.1, 0.15) is 35.3 Å². The summed E-state index contributed by atoms with van der Waals surface area (Å²) in [4.78, 5) is 13.8. The minimum Gasteiger partial charge on any atom is -0.493 e. The molecule has 0 aliphatic heterocycles. The maximum atomic E-state index is 14.3. The Morgan fingerprint density at radius 2 is 1.68 bits per heavy atom. The number of amides is 1. The normalized spacial score (nSPS) is 11.9. The molecule has 0 saturated heterocycles. The van der Waals surface area contributed by atoms with E-state index in [0.717, 1.165) is 18.2 Å². The molecule has 0 aromatic heterocycles. The molecule has 11 heteroatoms. The van der Waals surface area contributed by atoms with E-state index in [9.17, 15) is 30.8 Å². The number of nitrogens with zero attached hydrogens (tertiary/aromatic N) is 1. The van der Waals surface area contributed by atoms with E-state index in [0.29, 0.717) is 11.6 Å². The second-order valence-electron chi connectivity index (χ2n) is 8.61. The van der Waals surface area contributed by atoms with Crippen LogP contribution in [0.25, 0.3) is 0 Å². The first-order chi connectivity index (χ1) is 17.3. The molecule has 0 aliphatic rings. The number of carbonyl (C=O) groups excluding carboxylic acids is 1. The molecular weight excluding hydrogens is 514 g/mol. The van der Waals surface area contributed by atoms with Crippen LogP contribution in [-0.4, -0.2) is 32.9 Å². The van der Waals surface area contributed by atoms with Crippen molar-refractivity contribution in [2.24, 2.45) is 5.92 Å². The second kappa shape index (κ2) is 11.2. The van der Waals surface area contributed by atoms with E-state index in [-0.39, 0.29) is 36.1 Å². The fourth-order valence-electron chi connectivity index (χ4n) is 3.56. The molecule has 0 bridgehead atoms. The predicted octanol–water partition coefficient (Wildman–Crippen LogP) is 5.92. The Balaban J connectivity index is 1.94. The van der Waals surface area contributed by atoms with Crippen LogP contribution in [0.3, 0.4) is 0 Å². The number of hydrogen-bond acceptors (Lipinski definition) is 5. The summed E-state index contributed by atoms with van der Waals surface area (Å²) in [6.07, 6.45) is -4.74. The van der Waals surface area contributed by atoms with Crippen LogP contribution in [0.15, 0.2) is 71.6 Å². The zero-order valence-electron chi connectivity index (χ0n) is 20.3. The fourth-order valence-corrected chi connectivity index (χ4v) is 4.54. The van der Waals surface area contributed by atoms with Crippen LogP contribution in [0, 0.1) is 11.7 Å². The van der Waals surface area contributed by atoms with Crippen molar-refractivity contribution < 1.29 is 39.7 Å². The van der Waals surface area contributed by atoms with E-state index in [1.54, 1.807) is 12.1 Å². The molecule has 0 atom stereocenters. The van der Waals surface area contributed by atoms with Gasteiger partial charge >= 0.3 is 16.3 Å². The summed E-state index contributed by atoms with van der Waals surface area (Å²) >= 11 is 0. The fraction of sp³-hybridized carbons (Fsp3) is 0.269. The lowest BCUT2D eigenvalue weighted by molar-refractivity contribution is -0.137. The molecule has 37 heavy (non-hydrogen) atoms. The predicted molar refractivity (Wildman–Crippen MR) is 128 cm³/mol. The van der Waals surface area contributed by atoms with Gasteiger partial charge in [0.1, 0.15) is 10.7 Å². The third-order valence-electron chi connectivity index (χ3n) is 5.23. The van der Waals surface area contributed by atoms with Crippen LogP contribution in [0.4, 0.5) is 17.6 Å². The van der Waals surface area contributed by atoms with Crippen molar-refractivity contribution in [1.29, 1.82) is 0 Å². The molecule has 0 radical (unpaired) electrons. The van der Waals surface area contributed by atoms with Crippen molar-refractivity contribution in [2.45, 2.75) is 31.5 Å². The molecule has 0 heterocycles. The quantitative estimate of drug-likeness (QED) is 0.249. The highest BCUT2D eigenvalue weighted by Crippen LogP contribution is 2.34. The number of benzene rings is 3. The van der Waals surface area contributed by atoms with Crippen molar-refractivity contribution in [3.05, 3.63) is 89.2 Å². The first-order valence-electron chi connectivity index (χ1n) is 11.1. The third kappa shape index (κ3) is 7.00. The maximum absolute atomic E-state index is 14.3. The largest absolute Gasteiger partial charge is 0.493 e. The van der Waals surface area contributed by atoms with Crippen LogP contribution >= 0.6 is 0 Å². The lowest BCUT2D eigenvalue weighted by Crippen LogP contribution is -2.34. The van der Waals surface area contributed by atoms with Gasteiger partial charge in [-0.2, -0.15) is 21.6 Å². The summed E-state index contributed by atoms with van der Waals surface area (Å²) in [7, 11) is -3.40. The van der Waals surface area contributed by atoms with Gasteiger partial charge in [-0.1, -0.05) is 38.1 Å². The van der Waals surface area contributed by atoms with Crippen molar-refractivity contribution in [1.82, 2.24) is 4.90 Å². The number of alkyl halides is 3. The van der Waals surface area contributed by atoms with Gasteiger partial charge in [-0.3, -0.25) is 4.79 Å². The van der Waals surface area contributed by atoms with Gasteiger partial charge in [-0.15, -0.1) is 0 Å². The summed E-state index contributed by atoms with van der Waals surface area (Å²) in [5.74, 6) is -1.46. The first-order valence-corrected chi connectivity index (χ1v) is 12.5. The molecule has 0 unspecified atom stereocenters. The van der Waals surface area contributed by atoms with E-state index >= 15 is 0 Å². The van der Waals surface area contributed by atoms with E-state index in [2.05, 4.69) is 0 Å². The highest BCUT2D eigenvalue weighted by molar-refractivity contribution is 7.87. The standard InChI is InChI=1S/C26H25F4NO5S/c1-17(2)15-31(25(32)21-9-4-5-10-22(21)27)16-18-11-12-23(35-3)24(13-18)36-37(33,34)20-8-6-7-19(14-20)26(28,29)30/h4-14,17H,15-16H2,1-3H3. The number of halogens is 4. The third-order valence-corrected chi connectivity index (χ3v) is 6.46. The van der Waals surface area contributed by atoms with Crippen molar-refractivity contribution in [3.8, 4) is 11.5 Å². The number of carbonyl (C=O) groups is 1. The van der Waals surface area contributed by atoms with Gasteiger partial charge in [-0.25, -0.2) is 4.39 Å². The molecule has 3 aromatic carbocycles. The van der Waals surface area contributed by atoms with Crippen LogP contribution in [0.2, 0.25) is 0 Å². The number of hydrogen-bond donors (Lipinski definition) is 0. The van der Waals surface area contributed by atoms with Gasteiger partial charge in [0.15, 0.2) is 11.5 Å². The Morgan fingerprint density at radius 1 is 0.973 bits per heavy atom. The molecule has 0 N–H and O–H groups in total. The van der Waals surface area contributed by atoms with E-state index < -0.39 is 38.5 Å². The average molecular weight is 540 g/mol. The topological polar surface area (TPSA) is 72.9 Å². The molecule has 3 rings (SSSR count). The van der Waals surface area contributed by atoms with Crippen LogP contribution in [0.5, 0.6) is 11.5 Å². The van der Waals surface area contributed by atoms with Gasteiger partial charge < -0.3 is 13.8 Å². The van der Waals surface area contributed by atoms with Gasteiger partial charge in [0.05, 0.1) is 18.2 Å². The zero-order chi connectivity index (χ0) is 27.4. The van der Waals surface area contributed by atoms with Crippen molar-refractivity contribution in [3.63, 3.8) is 0 Å². The summed E-state index contributed by atoms with van der Waals surface area (Å²) in [5, 5.41) is 0. The molecule has 0 saturated carbocycles. The maximum Gasteiger partial charge on any atom is 0.416 e. The Morgan fingerprint density at radius 3 is 2.30 bits per heavy atom. The Bertz CT molecular complexity index is 1370. The minimum atomic E-state index is -4.74. The number of rotatable bonds is 9. The monoisotopic (exact) mass is 539 g/mol. The Hall–Kier alpha value is -3.60. The Labute approximate surface area is 212 Å². The highest BCUT2D eigenvalue weighted by Gasteiger charge is 2.32. The molecule has 0 fully saturated rings. The molecule has 3 aromatic rings. The summed E-state index contributed by atoms with van der Waals surface area (Å²) < 4.78 is 89.4. The average Bonchev–Trinajstić information content (AvgIpc) is 2.83. The lowest BCUT2D eigenvalue weighted by atomic mass is 10.1. The van der Waals surface area contributed by atoms with Gasteiger partial charge in [0.25, 0.3) is 5.91 Å². The summed E-state index contributed by atoms with van der Waals surface area (Å²) in [6, 6.07) is 13.0. The van der Waals surface area contributed by atoms with Crippen molar-refractivity contribution in [2.75, 3.05) is 13.7 Å². The summed E-state index contributed by atoms with van der Waals surface area (Å²) in [5.41, 5.74) is -0.825. The second-order valence-corrected chi connectivity index (χ2v) is 10.2. The SMILES string of the molecule is COc1ccc(CN(CC(C)C)C(=O)c2ccccc2F)cc1OS(=O)(=O)c1cccc(C(F)(F)F)c1. The van der Waals surface area contributed by atoms with Gasteiger partial charge in [0.2, 0.25) is 0 Å². The van der Waals surface area contributed by atoms with Crippen molar-refractivity contribution >= 4 is 16.0 Å². The molecule has 6 nitrogen and oxygen atoms in total. The molecular formula is C26H25F4NO5S. The minimum absolute atomic E-state index is 0.00939. The van der Waals surface area contributed by atoms with E-state index in [1.165, 1.54) is 42.3 Å². The molecule has 0 aliphatic carbocycles. The van der Waals surface area contributed by atoms with E-state index in [1.807, 2.05) is 13.8 Å². The molecule has 1 amide bonds. The van der Waals surface area contributed by atoms with Gasteiger partial charge in [0, 0.05) is 13.1 Å². The Kier molecular flexibility index (Phi) is 8.47. The molecule has 198 valence electrons. The lowest BCUT2D eigenvalue weighted by Gasteiger charge is -2.25. The van der Waals surface area contributed by atoms with E-state index in [4.69, 9.17) is 8.92 Å². The number of methoxy groups -OCH3 is 1. The van der Waals surface area contributed by atoms with Crippen LogP contribution in [-0.2, 0) is 22.8 Å². The van der Waals surface area contributed by atoms with Gasteiger partial charge in [-0.05, 0) is 53.9 Å². The smallest absolute Gasteiger partial charge is 0.416 e. The zero-order valence-corrected chi connectivity index (χ0v) is 21.1. The highest BCUT2D eigenvalue weighted by atomic mass is 32.2. The summed E-state index contributed by atoms with van der Waals surface area (Å²) in [6.45, 7) is 4.02.